The highest BCUT2D eigenvalue weighted by atomic mass is 19.1. The zero-order valence-corrected chi connectivity index (χ0v) is 9.90. The molecule has 0 spiro atoms. The highest BCUT2D eigenvalue weighted by molar-refractivity contribution is 5.47. The highest BCUT2D eigenvalue weighted by Crippen LogP contribution is 2.35. The van der Waals surface area contributed by atoms with Gasteiger partial charge in [-0.3, -0.25) is 0 Å². The van der Waals surface area contributed by atoms with Gasteiger partial charge < -0.3 is 15.2 Å². The summed E-state index contributed by atoms with van der Waals surface area (Å²) in [6, 6.07) is 7.56. The fraction of sp³-hybridized carbons (Fsp3) is 0.143. The van der Waals surface area contributed by atoms with E-state index in [0.29, 0.717) is 17.1 Å². The average molecular weight is 263 g/mol. The summed E-state index contributed by atoms with van der Waals surface area (Å²) in [7, 11) is 0. The number of fused-ring (bicyclic) bond motifs is 1. The number of benzene rings is 2. The molecule has 2 N–H and O–H groups in total. The smallest absolute Gasteiger partial charge is 0.231 e. The van der Waals surface area contributed by atoms with Crippen LogP contribution in [0.1, 0.15) is 17.2 Å². The summed E-state index contributed by atoms with van der Waals surface area (Å²) in [5.74, 6) is 0.125. The van der Waals surface area contributed by atoms with Crippen LogP contribution in [0.4, 0.5) is 8.78 Å². The van der Waals surface area contributed by atoms with Crippen molar-refractivity contribution in [2.24, 2.45) is 5.73 Å². The normalized spacial score (nSPS) is 14.5. The fourth-order valence-electron chi connectivity index (χ4n) is 2.04. The molecule has 0 bridgehead atoms. The average Bonchev–Trinajstić information content (AvgIpc) is 2.88. The molecule has 1 aliphatic rings. The topological polar surface area (TPSA) is 44.5 Å². The molecule has 0 amide bonds. The van der Waals surface area contributed by atoms with Gasteiger partial charge in [-0.05, 0) is 35.9 Å². The molecule has 2 aromatic carbocycles. The Bertz CT molecular complexity index is 631. The monoisotopic (exact) mass is 263 g/mol. The minimum atomic E-state index is -0.759. The molecule has 19 heavy (non-hydrogen) atoms. The van der Waals surface area contributed by atoms with Crippen molar-refractivity contribution in [3.05, 3.63) is 59.2 Å². The first-order valence-electron chi connectivity index (χ1n) is 5.75. The van der Waals surface area contributed by atoms with Crippen molar-refractivity contribution in [3.8, 4) is 11.5 Å². The number of rotatable bonds is 2. The summed E-state index contributed by atoms with van der Waals surface area (Å²) in [6.45, 7) is 0.155. The van der Waals surface area contributed by atoms with Crippen LogP contribution in [0.25, 0.3) is 0 Å². The van der Waals surface area contributed by atoms with Gasteiger partial charge in [-0.25, -0.2) is 8.78 Å². The predicted octanol–water partition coefficient (Wildman–Crippen LogP) is 2.74. The van der Waals surface area contributed by atoms with Gasteiger partial charge in [0, 0.05) is 5.56 Å². The lowest BCUT2D eigenvalue weighted by Gasteiger charge is -2.14. The van der Waals surface area contributed by atoms with Crippen LogP contribution in [-0.2, 0) is 0 Å². The minimum absolute atomic E-state index is 0.110. The second-order valence-electron chi connectivity index (χ2n) is 4.26. The summed E-state index contributed by atoms with van der Waals surface area (Å²) in [5.41, 5.74) is 6.72. The van der Waals surface area contributed by atoms with Crippen LogP contribution in [0.3, 0.4) is 0 Å². The van der Waals surface area contributed by atoms with Crippen molar-refractivity contribution >= 4 is 0 Å². The molecule has 3 nitrogen and oxygen atoms in total. The molecule has 0 aliphatic carbocycles. The molecule has 0 aromatic heterocycles. The van der Waals surface area contributed by atoms with Gasteiger partial charge in [0.25, 0.3) is 0 Å². The first-order valence-corrected chi connectivity index (χ1v) is 5.75. The molecule has 0 fully saturated rings. The Labute approximate surface area is 108 Å². The summed E-state index contributed by atoms with van der Waals surface area (Å²) in [6.07, 6.45) is 0. The fourth-order valence-corrected chi connectivity index (χ4v) is 2.04. The predicted molar refractivity (Wildman–Crippen MR) is 65.0 cm³/mol. The van der Waals surface area contributed by atoms with Gasteiger partial charge in [-0.2, -0.15) is 0 Å². The van der Waals surface area contributed by atoms with E-state index in [1.807, 2.05) is 0 Å². The maximum atomic E-state index is 13.7. The van der Waals surface area contributed by atoms with Crippen LogP contribution in [0, 0.1) is 11.6 Å². The van der Waals surface area contributed by atoms with Crippen molar-refractivity contribution in [1.29, 1.82) is 0 Å². The van der Waals surface area contributed by atoms with Crippen LogP contribution >= 0.6 is 0 Å². The molecule has 0 radical (unpaired) electrons. The van der Waals surface area contributed by atoms with Gasteiger partial charge in [0.15, 0.2) is 11.5 Å². The summed E-state index contributed by atoms with van der Waals surface area (Å²) >= 11 is 0. The van der Waals surface area contributed by atoms with Crippen molar-refractivity contribution in [1.82, 2.24) is 0 Å². The zero-order valence-electron chi connectivity index (χ0n) is 9.90. The van der Waals surface area contributed by atoms with Gasteiger partial charge >= 0.3 is 0 Å². The quantitative estimate of drug-likeness (QED) is 0.906. The minimum Gasteiger partial charge on any atom is -0.454 e. The summed E-state index contributed by atoms with van der Waals surface area (Å²) < 4.78 is 37.3. The Morgan fingerprint density at radius 3 is 2.63 bits per heavy atom. The Morgan fingerprint density at radius 1 is 1.00 bits per heavy atom. The number of halogens is 2. The third-order valence-electron chi connectivity index (χ3n) is 3.05. The molecule has 0 saturated carbocycles. The maximum absolute atomic E-state index is 13.7. The van der Waals surface area contributed by atoms with Crippen LogP contribution in [-0.4, -0.2) is 6.79 Å². The third-order valence-corrected chi connectivity index (χ3v) is 3.05. The molecule has 3 rings (SSSR count). The Morgan fingerprint density at radius 2 is 1.79 bits per heavy atom. The van der Waals surface area contributed by atoms with Gasteiger partial charge in [-0.1, -0.05) is 6.07 Å². The van der Waals surface area contributed by atoms with Crippen LogP contribution in [0.2, 0.25) is 0 Å². The van der Waals surface area contributed by atoms with E-state index >= 15 is 0 Å². The first-order chi connectivity index (χ1) is 9.15. The van der Waals surface area contributed by atoms with E-state index in [9.17, 15) is 8.78 Å². The number of ether oxygens (including phenoxy) is 2. The van der Waals surface area contributed by atoms with Crippen molar-refractivity contribution in [2.75, 3.05) is 6.79 Å². The lowest BCUT2D eigenvalue weighted by atomic mass is 9.98. The molecule has 1 heterocycles. The molecular weight excluding hydrogens is 252 g/mol. The highest BCUT2D eigenvalue weighted by Gasteiger charge is 2.19. The van der Waals surface area contributed by atoms with Crippen molar-refractivity contribution in [2.45, 2.75) is 6.04 Å². The van der Waals surface area contributed by atoms with Crippen molar-refractivity contribution < 1.29 is 18.3 Å². The van der Waals surface area contributed by atoms with E-state index < -0.39 is 17.7 Å². The van der Waals surface area contributed by atoms with E-state index in [-0.39, 0.29) is 12.4 Å². The molecule has 5 heteroatoms. The molecule has 98 valence electrons. The third kappa shape index (κ3) is 2.13. The van der Waals surface area contributed by atoms with Gasteiger partial charge in [-0.15, -0.1) is 0 Å². The largest absolute Gasteiger partial charge is 0.454 e. The van der Waals surface area contributed by atoms with Gasteiger partial charge in [0.05, 0.1) is 6.04 Å². The standard InChI is InChI=1S/C14H11F2NO2/c15-9-2-3-11(16)10(6-9)14(17)8-1-4-12-13(5-8)19-7-18-12/h1-6,14H,7,17H2. The van der Waals surface area contributed by atoms with E-state index in [1.54, 1.807) is 18.2 Å². The number of hydrogen-bond donors (Lipinski definition) is 1. The SMILES string of the molecule is NC(c1ccc2c(c1)OCO2)c1cc(F)ccc1F. The van der Waals surface area contributed by atoms with Crippen LogP contribution in [0.5, 0.6) is 11.5 Å². The van der Waals surface area contributed by atoms with Crippen LogP contribution in [0.15, 0.2) is 36.4 Å². The van der Waals surface area contributed by atoms with E-state index in [4.69, 9.17) is 15.2 Å². The molecule has 0 saturated heterocycles. The number of nitrogens with two attached hydrogens (primary N) is 1. The molecular formula is C14H11F2NO2. The summed E-state index contributed by atoms with van der Waals surface area (Å²) in [4.78, 5) is 0. The second kappa shape index (κ2) is 4.51. The lowest BCUT2D eigenvalue weighted by molar-refractivity contribution is 0.174. The molecule has 2 aromatic rings. The number of hydrogen-bond acceptors (Lipinski definition) is 3. The Hall–Kier alpha value is -2.14. The molecule has 1 aliphatic heterocycles. The Kier molecular flexibility index (Phi) is 2.83. The molecule has 1 atom stereocenters. The van der Waals surface area contributed by atoms with E-state index in [2.05, 4.69) is 0 Å². The summed E-state index contributed by atoms with van der Waals surface area (Å²) in [5, 5.41) is 0. The van der Waals surface area contributed by atoms with Gasteiger partial charge in [0.1, 0.15) is 11.6 Å². The van der Waals surface area contributed by atoms with Crippen molar-refractivity contribution in [3.63, 3.8) is 0 Å². The van der Waals surface area contributed by atoms with Gasteiger partial charge in [0.2, 0.25) is 6.79 Å². The van der Waals surface area contributed by atoms with Crippen LogP contribution < -0.4 is 15.2 Å². The second-order valence-corrected chi connectivity index (χ2v) is 4.26. The molecule has 1 unspecified atom stereocenters. The lowest BCUT2D eigenvalue weighted by Crippen LogP contribution is -2.14. The van der Waals surface area contributed by atoms with E-state index in [0.717, 1.165) is 18.2 Å². The zero-order chi connectivity index (χ0) is 13.4. The van der Waals surface area contributed by atoms with E-state index in [1.165, 1.54) is 0 Å². The Balaban J connectivity index is 1.99. The first kappa shape index (κ1) is 11.9. The maximum Gasteiger partial charge on any atom is 0.231 e.